The van der Waals surface area contributed by atoms with Gasteiger partial charge in [0.05, 0.1) is 0 Å². The van der Waals surface area contributed by atoms with Crippen LogP contribution in [0.25, 0.3) is 0 Å². The van der Waals surface area contributed by atoms with E-state index in [-0.39, 0.29) is 0 Å². The fourth-order valence-corrected chi connectivity index (χ4v) is 5.34. The van der Waals surface area contributed by atoms with Crippen LogP contribution in [0, 0.1) is 11.3 Å². The number of hydrogen-bond acceptors (Lipinski definition) is 0. The van der Waals surface area contributed by atoms with E-state index in [0.717, 1.165) is 5.92 Å². The molecule has 116 valence electrons. The van der Waals surface area contributed by atoms with Crippen LogP contribution in [0.15, 0.2) is 30.3 Å². The van der Waals surface area contributed by atoms with Crippen LogP contribution in [0.3, 0.4) is 0 Å². The van der Waals surface area contributed by atoms with Crippen LogP contribution in [0.2, 0.25) is 0 Å². The third-order valence-electron chi connectivity index (χ3n) is 6.85. The number of rotatable bonds is 2. The smallest absolute Gasteiger partial charge is 0.00470 e. The molecular formula is C21H32. The molecule has 3 aliphatic carbocycles. The lowest BCUT2D eigenvalue weighted by Crippen LogP contribution is -2.32. The molecule has 0 aromatic heterocycles. The van der Waals surface area contributed by atoms with Crippen molar-refractivity contribution < 1.29 is 0 Å². The summed E-state index contributed by atoms with van der Waals surface area (Å²) in [6.45, 7) is 4.95. The molecule has 3 saturated carbocycles. The second kappa shape index (κ2) is 6.15. The molecule has 0 unspecified atom stereocenters. The molecule has 4 rings (SSSR count). The summed E-state index contributed by atoms with van der Waals surface area (Å²) < 4.78 is 0. The zero-order chi connectivity index (χ0) is 14.8. The SMILES string of the molecule is CC(C)C12CCCCC(c3ccccc3)(CCC1)CCC2. The first kappa shape index (κ1) is 15.1. The van der Waals surface area contributed by atoms with E-state index < -0.39 is 0 Å². The standard InChI is InChI=1S/C21H32/c1-18(2)20-12-6-7-13-21(16-8-14-20,17-9-15-20)19-10-4-3-5-11-19/h3-5,10-11,18H,6-9,12-17H2,1-2H3. The summed E-state index contributed by atoms with van der Waals surface area (Å²) >= 11 is 0. The van der Waals surface area contributed by atoms with Gasteiger partial charge in [-0.25, -0.2) is 0 Å². The summed E-state index contributed by atoms with van der Waals surface area (Å²) in [6.07, 6.45) is 14.5. The van der Waals surface area contributed by atoms with E-state index in [0.29, 0.717) is 10.8 Å². The lowest BCUT2D eigenvalue weighted by molar-refractivity contribution is 0.112. The van der Waals surface area contributed by atoms with Crippen LogP contribution in [-0.2, 0) is 5.41 Å². The Kier molecular flexibility index (Phi) is 4.43. The van der Waals surface area contributed by atoms with E-state index >= 15 is 0 Å². The Balaban J connectivity index is 1.90. The summed E-state index contributed by atoms with van der Waals surface area (Å²) in [5, 5.41) is 0. The maximum absolute atomic E-state index is 2.48. The molecule has 1 aromatic rings. The zero-order valence-corrected chi connectivity index (χ0v) is 14.0. The van der Waals surface area contributed by atoms with E-state index in [4.69, 9.17) is 0 Å². The van der Waals surface area contributed by atoms with Crippen molar-refractivity contribution in [2.24, 2.45) is 11.3 Å². The zero-order valence-electron chi connectivity index (χ0n) is 14.0. The highest BCUT2D eigenvalue weighted by molar-refractivity contribution is 5.25. The Hall–Kier alpha value is -0.780. The maximum atomic E-state index is 2.48. The van der Waals surface area contributed by atoms with Crippen LogP contribution in [0.1, 0.15) is 83.6 Å². The Bertz CT molecular complexity index is 432. The van der Waals surface area contributed by atoms with Gasteiger partial charge in [-0.05, 0) is 60.8 Å². The van der Waals surface area contributed by atoms with Gasteiger partial charge in [-0.15, -0.1) is 0 Å². The Labute approximate surface area is 131 Å². The lowest BCUT2D eigenvalue weighted by Gasteiger charge is -2.42. The normalized spacial score (nSPS) is 34.0. The van der Waals surface area contributed by atoms with Crippen molar-refractivity contribution in [1.29, 1.82) is 0 Å². The van der Waals surface area contributed by atoms with Gasteiger partial charge in [-0.2, -0.15) is 0 Å². The molecule has 0 saturated heterocycles. The van der Waals surface area contributed by atoms with Crippen LogP contribution in [0.5, 0.6) is 0 Å². The maximum Gasteiger partial charge on any atom is -0.00470 e. The third-order valence-corrected chi connectivity index (χ3v) is 6.85. The van der Waals surface area contributed by atoms with E-state index in [2.05, 4.69) is 44.2 Å². The van der Waals surface area contributed by atoms with Gasteiger partial charge in [0.1, 0.15) is 0 Å². The first-order valence-electron chi connectivity index (χ1n) is 9.23. The average molecular weight is 284 g/mol. The topological polar surface area (TPSA) is 0 Å². The van der Waals surface area contributed by atoms with Crippen LogP contribution < -0.4 is 0 Å². The Morgan fingerprint density at radius 2 is 1.24 bits per heavy atom. The van der Waals surface area contributed by atoms with Crippen molar-refractivity contribution in [3.05, 3.63) is 35.9 Å². The number of fused-ring (bicyclic) bond motifs is 7. The van der Waals surface area contributed by atoms with Gasteiger partial charge in [0.2, 0.25) is 0 Å². The number of hydrogen-bond donors (Lipinski definition) is 0. The minimum absolute atomic E-state index is 0.495. The molecule has 0 aliphatic heterocycles. The predicted octanol–water partition coefficient (Wildman–Crippen LogP) is 6.50. The Morgan fingerprint density at radius 3 is 1.86 bits per heavy atom. The van der Waals surface area contributed by atoms with Gasteiger partial charge in [-0.3, -0.25) is 0 Å². The van der Waals surface area contributed by atoms with Crippen molar-refractivity contribution in [2.45, 2.75) is 83.5 Å². The molecule has 2 bridgehead atoms. The van der Waals surface area contributed by atoms with Gasteiger partial charge in [-0.1, -0.05) is 69.9 Å². The molecule has 0 heterocycles. The van der Waals surface area contributed by atoms with Crippen LogP contribution >= 0.6 is 0 Å². The molecule has 21 heavy (non-hydrogen) atoms. The average Bonchev–Trinajstić information content (AvgIpc) is 2.63. The van der Waals surface area contributed by atoms with Gasteiger partial charge in [0.15, 0.2) is 0 Å². The largest absolute Gasteiger partial charge is 0.0622 e. The molecule has 0 spiro atoms. The molecule has 0 atom stereocenters. The molecule has 0 N–H and O–H groups in total. The quantitative estimate of drug-likeness (QED) is 0.582. The van der Waals surface area contributed by atoms with Crippen LogP contribution in [-0.4, -0.2) is 0 Å². The lowest BCUT2D eigenvalue weighted by atomic mass is 9.63. The highest BCUT2D eigenvalue weighted by atomic mass is 14.4. The molecule has 1 aromatic carbocycles. The Morgan fingerprint density at radius 1 is 0.714 bits per heavy atom. The third kappa shape index (κ3) is 2.91. The first-order chi connectivity index (χ1) is 10.2. The summed E-state index contributed by atoms with van der Waals surface area (Å²) in [5.74, 6) is 0.861. The van der Waals surface area contributed by atoms with Gasteiger partial charge in [0.25, 0.3) is 0 Å². The van der Waals surface area contributed by atoms with Crippen molar-refractivity contribution >= 4 is 0 Å². The number of benzene rings is 1. The van der Waals surface area contributed by atoms with Crippen LogP contribution in [0.4, 0.5) is 0 Å². The van der Waals surface area contributed by atoms with Gasteiger partial charge < -0.3 is 0 Å². The minimum atomic E-state index is 0.495. The molecule has 3 fully saturated rings. The second-order valence-corrected chi connectivity index (χ2v) is 8.08. The predicted molar refractivity (Wildman–Crippen MR) is 91.6 cm³/mol. The van der Waals surface area contributed by atoms with Crippen molar-refractivity contribution in [3.8, 4) is 0 Å². The van der Waals surface area contributed by atoms with E-state index in [9.17, 15) is 0 Å². The monoisotopic (exact) mass is 284 g/mol. The molecule has 0 heteroatoms. The highest BCUT2D eigenvalue weighted by Gasteiger charge is 2.40. The molecule has 0 nitrogen and oxygen atoms in total. The summed E-state index contributed by atoms with van der Waals surface area (Å²) in [7, 11) is 0. The van der Waals surface area contributed by atoms with E-state index in [1.807, 2.05) is 0 Å². The summed E-state index contributed by atoms with van der Waals surface area (Å²) in [6, 6.07) is 11.5. The van der Waals surface area contributed by atoms with Crippen molar-refractivity contribution in [1.82, 2.24) is 0 Å². The first-order valence-corrected chi connectivity index (χ1v) is 9.23. The molecule has 0 radical (unpaired) electrons. The fourth-order valence-electron chi connectivity index (χ4n) is 5.34. The molecular weight excluding hydrogens is 252 g/mol. The molecule has 3 aliphatic rings. The summed E-state index contributed by atoms with van der Waals surface area (Å²) in [4.78, 5) is 0. The second-order valence-electron chi connectivity index (χ2n) is 8.08. The minimum Gasteiger partial charge on any atom is -0.0622 e. The van der Waals surface area contributed by atoms with Crippen molar-refractivity contribution in [3.63, 3.8) is 0 Å². The van der Waals surface area contributed by atoms with Crippen molar-refractivity contribution in [2.75, 3.05) is 0 Å². The van der Waals surface area contributed by atoms with Gasteiger partial charge >= 0.3 is 0 Å². The molecule has 0 amide bonds. The highest BCUT2D eigenvalue weighted by Crippen LogP contribution is 2.51. The van der Waals surface area contributed by atoms with Gasteiger partial charge in [0, 0.05) is 0 Å². The van der Waals surface area contributed by atoms with E-state index in [1.165, 1.54) is 64.2 Å². The summed E-state index contributed by atoms with van der Waals surface area (Å²) in [5.41, 5.74) is 2.78. The fraction of sp³-hybridized carbons (Fsp3) is 0.714. The van der Waals surface area contributed by atoms with E-state index in [1.54, 1.807) is 5.56 Å².